The number of carbonyl (C=O) groups excluding carboxylic acids is 1. The molecule has 1 aliphatic rings. The number of hydrogen-bond donors (Lipinski definition) is 0. The maximum atomic E-state index is 11.8. The lowest BCUT2D eigenvalue weighted by molar-refractivity contribution is -0.153. The lowest BCUT2D eigenvalue weighted by Gasteiger charge is -2.46. The van der Waals surface area contributed by atoms with Crippen molar-refractivity contribution in [1.82, 2.24) is 0 Å². The van der Waals surface area contributed by atoms with Crippen LogP contribution in [-0.2, 0) is 4.79 Å². The van der Waals surface area contributed by atoms with Crippen LogP contribution in [0.3, 0.4) is 0 Å². The first-order valence-electron chi connectivity index (χ1n) is 6.19. The van der Waals surface area contributed by atoms with Crippen LogP contribution in [0.15, 0.2) is 18.2 Å². The summed E-state index contributed by atoms with van der Waals surface area (Å²) in [6.45, 7) is 4.05. The quantitative estimate of drug-likeness (QED) is 0.813. The Morgan fingerprint density at radius 3 is 2.56 bits per heavy atom. The van der Waals surface area contributed by atoms with Crippen molar-refractivity contribution < 1.29 is 9.53 Å². The third-order valence-electron chi connectivity index (χ3n) is 3.99. The molecule has 2 rings (SSSR count). The highest BCUT2D eigenvalue weighted by molar-refractivity contribution is 6.42. The molecule has 0 amide bonds. The fraction of sp³-hybridized carbons (Fsp3) is 0.500. The Labute approximate surface area is 117 Å². The van der Waals surface area contributed by atoms with Crippen LogP contribution in [0.2, 0.25) is 10.0 Å². The van der Waals surface area contributed by atoms with Gasteiger partial charge in [-0.05, 0) is 25.0 Å². The molecule has 0 aromatic heterocycles. The molecule has 0 aliphatic heterocycles. The molecule has 1 aromatic rings. The number of hydrogen-bond acceptors (Lipinski definition) is 2. The maximum Gasteiger partial charge on any atom is 0.146 e. The van der Waals surface area contributed by atoms with Crippen LogP contribution in [0.25, 0.3) is 0 Å². The lowest BCUT2D eigenvalue weighted by atomic mass is 9.61. The number of halogens is 2. The molecule has 18 heavy (non-hydrogen) atoms. The third kappa shape index (κ3) is 2.02. The summed E-state index contributed by atoms with van der Waals surface area (Å²) in [4.78, 5) is 11.8. The minimum absolute atomic E-state index is 0.0871. The number of benzene rings is 1. The molecule has 1 unspecified atom stereocenters. The zero-order valence-corrected chi connectivity index (χ0v) is 12.0. The van der Waals surface area contributed by atoms with Crippen molar-refractivity contribution in [1.29, 1.82) is 0 Å². The van der Waals surface area contributed by atoms with E-state index in [0.29, 0.717) is 22.2 Å². The number of rotatable bonds is 4. The van der Waals surface area contributed by atoms with Gasteiger partial charge in [-0.1, -0.05) is 43.1 Å². The number of Topliss-reactive ketones (excluding diaryl/α,β-unsaturated/α-hetero) is 1. The monoisotopic (exact) mass is 286 g/mol. The largest absolute Gasteiger partial charge is 0.487 e. The summed E-state index contributed by atoms with van der Waals surface area (Å²) in [5.74, 6) is 0.851. The average molecular weight is 287 g/mol. The summed E-state index contributed by atoms with van der Waals surface area (Å²) < 4.78 is 5.89. The molecule has 98 valence electrons. The predicted molar refractivity (Wildman–Crippen MR) is 73.5 cm³/mol. The van der Waals surface area contributed by atoms with Gasteiger partial charge in [0.1, 0.15) is 22.7 Å². The van der Waals surface area contributed by atoms with Gasteiger partial charge in [-0.15, -0.1) is 0 Å². The summed E-state index contributed by atoms with van der Waals surface area (Å²) >= 11 is 12.0. The van der Waals surface area contributed by atoms with Crippen molar-refractivity contribution in [3.8, 4) is 5.75 Å². The lowest BCUT2D eigenvalue weighted by Crippen LogP contribution is -2.56. The third-order valence-corrected chi connectivity index (χ3v) is 4.79. The Hall–Kier alpha value is -0.730. The van der Waals surface area contributed by atoms with Crippen molar-refractivity contribution in [2.24, 2.45) is 5.41 Å². The molecule has 4 heteroatoms. The van der Waals surface area contributed by atoms with E-state index in [-0.39, 0.29) is 17.3 Å². The maximum absolute atomic E-state index is 11.8. The first-order chi connectivity index (χ1) is 8.55. The fourth-order valence-electron chi connectivity index (χ4n) is 2.60. The number of ether oxygens (including phenoxy) is 1. The summed E-state index contributed by atoms with van der Waals surface area (Å²) in [6.07, 6.45) is 1.97. The topological polar surface area (TPSA) is 26.3 Å². The normalized spacial score (nSPS) is 21.6. The summed E-state index contributed by atoms with van der Waals surface area (Å²) in [5.41, 5.74) is -0.342. The van der Waals surface area contributed by atoms with Crippen LogP contribution >= 0.6 is 23.2 Å². The minimum atomic E-state index is -0.342. The summed E-state index contributed by atoms with van der Waals surface area (Å²) in [5, 5.41) is 0.887. The zero-order valence-electron chi connectivity index (χ0n) is 10.5. The Kier molecular flexibility index (Phi) is 3.88. The first kappa shape index (κ1) is 13.7. The molecule has 1 aliphatic carbocycles. The van der Waals surface area contributed by atoms with Gasteiger partial charge in [-0.2, -0.15) is 0 Å². The van der Waals surface area contributed by atoms with E-state index in [1.165, 1.54) is 0 Å². The highest BCUT2D eigenvalue weighted by atomic mass is 35.5. The van der Waals surface area contributed by atoms with Gasteiger partial charge in [0.05, 0.1) is 10.4 Å². The number of carbonyl (C=O) groups is 1. The molecule has 0 bridgehead atoms. The molecule has 2 nitrogen and oxygen atoms in total. The second-order valence-electron chi connectivity index (χ2n) is 4.65. The summed E-state index contributed by atoms with van der Waals surface area (Å²) in [7, 11) is 0. The van der Waals surface area contributed by atoms with E-state index in [9.17, 15) is 4.79 Å². The molecule has 0 heterocycles. The summed E-state index contributed by atoms with van der Waals surface area (Å²) in [6, 6.07) is 5.30. The van der Waals surface area contributed by atoms with Gasteiger partial charge in [0.25, 0.3) is 0 Å². The van der Waals surface area contributed by atoms with Crippen LogP contribution < -0.4 is 4.74 Å². The Morgan fingerprint density at radius 1 is 1.33 bits per heavy atom. The van der Waals surface area contributed by atoms with Crippen LogP contribution in [0.5, 0.6) is 5.75 Å². The second kappa shape index (κ2) is 5.10. The van der Waals surface area contributed by atoms with Gasteiger partial charge in [0.15, 0.2) is 0 Å². The highest BCUT2D eigenvalue weighted by Gasteiger charge is 2.54. The molecule has 0 radical (unpaired) electrons. The predicted octanol–water partition coefficient (Wildman–Crippen LogP) is 4.52. The zero-order chi connectivity index (χ0) is 13.3. The fourth-order valence-corrected chi connectivity index (χ4v) is 2.93. The Morgan fingerprint density at radius 2 is 2.00 bits per heavy atom. The van der Waals surface area contributed by atoms with Crippen molar-refractivity contribution in [3.05, 3.63) is 28.2 Å². The molecular formula is C14H16Cl2O2. The van der Waals surface area contributed by atoms with Crippen molar-refractivity contribution in [2.45, 2.75) is 39.2 Å². The van der Waals surface area contributed by atoms with Gasteiger partial charge >= 0.3 is 0 Å². The first-order valence-corrected chi connectivity index (χ1v) is 6.94. The average Bonchev–Trinajstić information content (AvgIpc) is 2.36. The van der Waals surface area contributed by atoms with E-state index in [2.05, 4.69) is 0 Å². The van der Waals surface area contributed by atoms with Crippen molar-refractivity contribution >= 4 is 29.0 Å². The van der Waals surface area contributed by atoms with Crippen molar-refractivity contribution in [2.75, 3.05) is 0 Å². The standard InChI is InChI=1S/C14H16Cl2O2/c1-3-14(4-2)11(17)8-12(14)18-10-7-5-6-9(15)13(10)16/h5-7,12H,3-4,8H2,1-2H3. The molecule has 0 saturated heterocycles. The van der Waals surface area contributed by atoms with E-state index in [0.717, 1.165) is 12.8 Å². The molecular weight excluding hydrogens is 271 g/mol. The minimum Gasteiger partial charge on any atom is -0.487 e. The van der Waals surface area contributed by atoms with Gasteiger partial charge in [-0.25, -0.2) is 0 Å². The van der Waals surface area contributed by atoms with E-state index in [1.807, 2.05) is 13.8 Å². The van der Waals surface area contributed by atoms with E-state index >= 15 is 0 Å². The van der Waals surface area contributed by atoms with Crippen LogP contribution in [0.4, 0.5) is 0 Å². The van der Waals surface area contributed by atoms with Crippen molar-refractivity contribution in [3.63, 3.8) is 0 Å². The number of ketones is 1. The molecule has 1 atom stereocenters. The van der Waals surface area contributed by atoms with Gasteiger partial charge < -0.3 is 4.74 Å². The molecule has 1 saturated carbocycles. The molecule has 0 N–H and O–H groups in total. The molecule has 0 spiro atoms. The smallest absolute Gasteiger partial charge is 0.146 e. The SMILES string of the molecule is CCC1(CC)C(=O)CC1Oc1cccc(Cl)c1Cl. The molecule has 1 aromatic carbocycles. The highest BCUT2D eigenvalue weighted by Crippen LogP contribution is 2.46. The van der Waals surface area contributed by atoms with E-state index < -0.39 is 0 Å². The van der Waals surface area contributed by atoms with Crippen LogP contribution in [-0.4, -0.2) is 11.9 Å². The Balaban J connectivity index is 2.20. The van der Waals surface area contributed by atoms with Crippen LogP contribution in [0.1, 0.15) is 33.1 Å². The second-order valence-corrected chi connectivity index (χ2v) is 5.43. The van der Waals surface area contributed by atoms with Gasteiger partial charge in [0, 0.05) is 6.42 Å². The van der Waals surface area contributed by atoms with Gasteiger partial charge in [-0.3, -0.25) is 4.79 Å². The molecule has 1 fully saturated rings. The Bertz CT molecular complexity index is 467. The van der Waals surface area contributed by atoms with E-state index in [1.54, 1.807) is 18.2 Å². The van der Waals surface area contributed by atoms with Gasteiger partial charge in [0.2, 0.25) is 0 Å². The van der Waals surface area contributed by atoms with Crippen LogP contribution in [0, 0.1) is 5.41 Å². The van der Waals surface area contributed by atoms with E-state index in [4.69, 9.17) is 27.9 Å².